The summed E-state index contributed by atoms with van der Waals surface area (Å²) in [6.07, 6.45) is 2.80. The highest BCUT2D eigenvalue weighted by molar-refractivity contribution is 6.32. The quantitative estimate of drug-likeness (QED) is 0.725. The molecule has 0 bridgehead atoms. The fourth-order valence-corrected chi connectivity index (χ4v) is 2.13. The van der Waals surface area contributed by atoms with E-state index in [2.05, 4.69) is 12.2 Å². The van der Waals surface area contributed by atoms with Crippen LogP contribution in [0.15, 0.2) is 18.2 Å². The summed E-state index contributed by atoms with van der Waals surface area (Å²) >= 11 is 6.14. The summed E-state index contributed by atoms with van der Waals surface area (Å²) in [4.78, 5) is 13.8. The SMILES string of the molecule is CCCCN(CCO)C(=O)Nc1ccc(OCCC)c(Cl)c1. The van der Waals surface area contributed by atoms with Crippen molar-refractivity contribution in [1.29, 1.82) is 0 Å². The second kappa shape index (κ2) is 10.3. The minimum absolute atomic E-state index is 0.0539. The number of urea groups is 1. The van der Waals surface area contributed by atoms with Crippen molar-refractivity contribution in [2.75, 3.05) is 31.6 Å². The van der Waals surface area contributed by atoms with Crippen LogP contribution < -0.4 is 10.1 Å². The van der Waals surface area contributed by atoms with Gasteiger partial charge < -0.3 is 20.1 Å². The molecule has 0 fully saturated rings. The van der Waals surface area contributed by atoms with E-state index >= 15 is 0 Å². The highest BCUT2D eigenvalue weighted by Crippen LogP contribution is 2.27. The van der Waals surface area contributed by atoms with Crippen LogP contribution in [0.3, 0.4) is 0 Å². The second-order valence-corrected chi connectivity index (χ2v) is 5.40. The van der Waals surface area contributed by atoms with Crippen molar-refractivity contribution in [3.05, 3.63) is 23.2 Å². The number of ether oxygens (including phenoxy) is 1. The zero-order valence-electron chi connectivity index (χ0n) is 13.3. The Morgan fingerprint density at radius 1 is 1.32 bits per heavy atom. The molecular formula is C16H25ClN2O3. The fraction of sp³-hybridized carbons (Fsp3) is 0.562. The molecule has 1 rings (SSSR count). The molecule has 0 aromatic heterocycles. The van der Waals surface area contributed by atoms with Crippen molar-refractivity contribution in [3.63, 3.8) is 0 Å². The summed E-state index contributed by atoms with van der Waals surface area (Å²) in [5.41, 5.74) is 0.610. The Labute approximate surface area is 137 Å². The van der Waals surface area contributed by atoms with E-state index in [4.69, 9.17) is 21.4 Å². The smallest absolute Gasteiger partial charge is 0.321 e. The Morgan fingerprint density at radius 3 is 2.68 bits per heavy atom. The Hall–Kier alpha value is -1.46. The minimum Gasteiger partial charge on any atom is -0.492 e. The number of carbonyl (C=O) groups is 1. The van der Waals surface area contributed by atoms with Gasteiger partial charge in [-0.25, -0.2) is 4.79 Å². The number of rotatable bonds is 9. The maximum absolute atomic E-state index is 12.2. The van der Waals surface area contributed by atoms with Gasteiger partial charge >= 0.3 is 6.03 Å². The molecule has 0 aliphatic rings. The maximum atomic E-state index is 12.2. The lowest BCUT2D eigenvalue weighted by Gasteiger charge is -2.22. The third kappa shape index (κ3) is 6.12. The molecule has 0 spiro atoms. The van der Waals surface area contributed by atoms with Gasteiger partial charge in [0.15, 0.2) is 0 Å². The van der Waals surface area contributed by atoms with E-state index in [1.165, 1.54) is 0 Å². The zero-order valence-corrected chi connectivity index (χ0v) is 14.0. The lowest BCUT2D eigenvalue weighted by atomic mass is 10.3. The molecule has 0 saturated carbocycles. The number of benzene rings is 1. The van der Waals surface area contributed by atoms with Gasteiger partial charge in [0.25, 0.3) is 0 Å². The molecule has 5 nitrogen and oxygen atoms in total. The molecule has 0 aliphatic heterocycles. The number of hydrogen-bond acceptors (Lipinski definition) is 3. The summed E-state index contributed by atoms with van der Waals surface area (Å²) in [5.74, 6) is 0.611. The van der Waals surface area contributed by atoms with Gasteiger partial charge in [0.2, 0.25) is 0 Å². The van der Waals surface area contributed by atoms with Gasteiger partial charge in [0.05, 0.1) is 18.2 Å². The summed E-state index contributed by atoms with van der Waals surface area (Å²) < 4.78 is 5.50. The number of anilines is 1. The Morgan fingerprint density at radius 2 is 2.09 bits per heavy atom. The molecule has 6 heteroatoms. The van der Waals surface area contributed by atoms with Gasteiger partial charge in [-0.15, -0.1) is 0 Å². The van der Waals surface area contributed by atoms with Gasteiger partial charge in [-0.2, -0.15) is 0 Å². The number of unbranched alkanes of at least 4 members (excludes halogenated alkanes) is 1. The maximum Gasteiger partial charge on any atom is 0.321 e. The van der Waals surface area contributed by atoms with Crippen LogP contribution in [0.1, 0.15) is 33.1 Å². The highest BCUT2D eigenvalue weighted by Gasteiger charge is 2.13. The lowest BCUT2D eigenvalue weighted by molar-refractivity contribution is 0.187. The average Bonchev–Trinajstić information content (AvgIpc) is 2.50. The molecular weight excluding hydrogens is 304 g/mol. The summed E-state index contributed by atoms with van der Waals surface area (Å²) in [7, 11) is 0. The Bertz CT molecular complexity index is 469. The predicted octanol–water partition coefficient (Wildman–Crippen LogP) is 3.76. The summed E-state index contributed by atoms with van der Waals surface area (Å²) in [6.45, 7) is 5.57. The van der Waals surface area contributed by atoms with E-state index in [0.717, 1.165) is 19.3 Å². The Balaban J connectivity index is 2.67. The third-order valence-electron chi connectivity index (χ3n) is 3.08. The molecule has 0 heterocycles. The van der Waals surface area contributed by atoms with Crippen molar-refractivity contribution < 1.29 is 14.6 Å². The van der Waals surface area contributed by atoms with Gasteiger partial charge in [-0.3, -0.25) is 0 Å². The first-order valence-electron chi connectivity index (χ1n) is 7.71. The van der Waals surface area contributed by atoms with Crippen molar-refractivity contribution >= 4 is 23.3 Å². The van der Waals surface area contributed by atoms with Gasteiger partial charge in [0, 0.05) is 18.8 Å². The van der Waals surface area contributed by atoms with Crippen LogP contribution in [0.4, 0.5) is 10.5 Å². The monoisotopic (exact) mass is 328 g/mol. The van der Waals surface area contributed by atoms with Gasteiger partial charge in [0.1, 0.15) is 5.75 Å². The number of carbonyl (C=O) groups excluding carboxylic acids is 1. The number of nitrogens with zero attached hydrogens (tertiary/aromatic N) is 1. The van der Waals surface area contributed by atoms with Crippen LogP contribution in [0, 0.1) is 0 Å². The molecule has 124 valence electrons. The van der Waals surface area contributed by atoms with E-state index in [1.807, 2.05) is 6.92 Å². The normalized spacial score (nSPS) is 10.4. The molecule has 1 aromatic carbocycles. The van der Waals surface area contributed by atoms with Crippen molar-refractivity contribution in [1.82, 2.24) is 4.90 Å². The third-order valence-corrected chi connectivity index (χ3v) is 3.38. The Kier molecular flexibility index (Phi) is 8.70. The molecule has 0 aliphatic carbocycles. The molecule has 0 atom stereocenters. The summed E-state index contributed by atoms with van der Waals surface area (Å²) in [5, 5.41) is 12.3. The second-order valence-electron chi connectivity index (χ2n) is 4.99. The average molecular weight is 329 g/mol. The first-order valence-corrected chi connectivity index (χ1v) is 8.09. The molecule has 0 radical (unpaired) electrons. The van der Waals surface area contributed by atoms with Crippen LogP contribution in [-0.2, 0) is 0 Å². The van der Waals surface area contributed by atoms with Crippen molar-refractivity contribution in [2.45, 2.75) is 33.1 Å². The van der Waals surface area contributed by atoms with Crippen LogP contribution in [0.5, 0.6) is 5.75 Å². The van der Waals surface area contributed by atoms with Gasteiger partial charge in [-0.05, 0) is 31.0 Å². The molecule has 0 unspecified atom stereocenters. The molecule has 2 N–H and O–H groups in total. The first-order chi connectivity index (χ1) is 10.6. The zero-order chi connectivity index (χ0) is 16.4. The number of nitrogens with one attached hydrogen (secondary N) is 1. The lowest BCUT2D eigenvalue weighted by Crippen LogP contribution is -2.37. The number of amides is 2. The first kappa shape index (κ1) is 18.6. The molecule has 22 heavy (non-hydrogen) atoms. The largest absolute Gasteiger partial charge is 0.492 e. The number of aliphatic hydroxyl groups excluding tert-OH is 1. The van der Waals surface area contributed by atoms with Gasteiger partial charge in [-0.1, -0.05) is 31.9 Å². The van der Waals surface area contributed by atoms with Crippen LogP contribution in [0.25, 0.3) is 0 Å². The molecule has 1 aromatic rings. The summed E-state index contributed by atoms with van der Waals surface area (Å²) in [6, 6.07) is 4.93. The van der Waals surface area contributed by atoms with E-state index in [-0.39, 0.29) is 12.6 Å². The number of aliphatic hydroxyl groups is 1. The number of hydrogen-bond donors (Lipinski definition) is 2. The standard InChI is InChI=1S/C16H25ClN2O3/c1-3-5-8-19(9-10-20)16(21)18-13-6-7-15(14(17)12-13)22-11-4-2/h6-7,12,20H,3-5,8-11H2,1-2H3,(H,18,21). The van der Waals surface area contributed by atoms with E-state index in [0.29, 0.717) is 36.2 Å². The fourth-order valence-electron chi connectivity index (χ4n) is 1.89. The number of halogens is 1. The predicted molar refractivity (Wildman–Crippen MR) is 89.8 cm³/mol. The van der Waals surface area contributed by atoms with E-state index in [1.54, 1.807) is 23.1 Å². The molecule has 2 amide bonds. The minimum atomic E-state index is -0.235. The van der Waals surface area contributed by atoms with Crippen LogP contribution in [-0.4, -0.2) is 42.3 Å². The van der Waals surface area contributed by atoms with Crippen LogP contribution >= 0.6 is 11.6 Å². The molecule has 0 saturated heterocycles. The highest BCUT2D eigenvalue weighted by atomic mass is 35.5. The van der Waals surface area contributed by atoms with E-state index in [9.17, 15) is 4.79 Å². The van der Waals surface area contributed by atoms with Crippen LogP contribution in [0.2, 0.25) is 5.02 Å². The van der Waals surface area contributed by atoms with E-state index < -0.39 is 0 Å². The van der Waals surface area contributed by atoms with Crippen molar-refractivity contribution in [2.24, 2.45) is 0 Å². The topological polar surface area (TPSA) is 61.8 Å². The van der Waals surface area contributed by atoms with Crippen molar-refractivity contribution in [3.8, 4) is 5.75 Å².